The van der Waals surface area contributed by atoms with E-state index in [1.807, 2.05) is 21.1 Å². The van der Waals surface area contributed by atoms with E-state index in [9.17, 15) is 14.7 Å². The maximum Gasteiger partial charge on any atom is 0.466 e. The van der Waals surface area contributed by atoms with E-state index in [1.54, 1.807) is 0 Å². The van der Waals surface area contributed by atoms with Crippen LogP contribution in [0.5, 0.6) is 0 Å². The van der Waals surface area contributed by atoms with E-state index in [-0.39, 0.29) is 6.42 Å². The van der Waals surface area contributed by atoms with Gasteiger partial charge in [-0.2, -0.15) is 0 Å². The maximum atomic E-state index is 10.7. The second-order valence-electron chi connectivity index (χ2n) is 4.79. The number of carbonyl (C=O) groups is 2. The molecule has 0 unspecified atom stereocenters. The van der Waals surface area contributed by atoms with Gasteiger partial charge in [-0.15, -0.1) is 0 Å². The van der Waals surface area contributed by atoms with Crippen molar-refractivity contribution in [3.05, 3.63) is 0 Å². The number of carbonyl (C=O) groups excluding carboxylic acids is 2. The summed E-state index contributed by atoms with van der Waals surface area (Å²) in [5, 5.41) is 10.4. The first-order valence-electron chi connectivity index (χ1n) is 5.16. The van der Waals surface area contributed by atoms with Crippen molar-refractivity contribution in [2.75, 3.05) is 27.7 Å². The van der Waals surface area contributed by atoms with E-state index in [0.717, 1.165) is 0 Å². The van der Waals surface area contributed by atoms with Gasteiger partial charge in [0, 0.05) is 19.3 Å². The fourth-order valence-corrected chi connectivity index (χ4v) is 1.17. The Morgan fingerprint density at radius 1 is 1.26 bits per heavy atom. The van der Waals surface area contributed by atoms with Crippen LogP contribution in [0.25, 0.3) is 0 Å². The number of quaternary nitrogens is 1. The molecule has 9 nitrogen and oxygen atoms in total. The van der Waals surface area contributed by atoms with Gasteiger partial charge >= 0.3 is 13.8 Å². The molecule has 0 spiro atoms. The summed E-state index contributed by atoms with van der Waals surface area (Å²) < 4.78 is 14.3. The lowest BCUT2D eigenvalue weighted by Crippen LogP contribution is -2.45. The molecule has 10 heteroatoms. The molecule has 3 N–H and O–H groups in total. The van der Waals surface area contributed by atoms with Gasteiger partial charge in [0.05, 0.1) is 21.1 Å². The van der Waals surface area contributed by atoms with E-state index in [1.165, 1.54) is 6.92 Å². The predicted molar refractivity (Wildman–Crippen MR) is 62.3 cm³/mol. The van der Waals surface area contributed by atoms with Crippen molar-refractivity contribution in [1.29, 1.82) is 0 Å². The molecule has 19 heavy (non-hydrogen) atoms. The van der Waals surface area contributed by atoms with Crippen molar-refractivity contribution >= 4 is 19.8 Å². The smallest absolute Gasteiger partial charge is 0.466 e. The molecule has 0 aromatic rings. The van der Waals surface area contributed by atoms with Gasteiger partial charge < -0.3 is 33.8 Å². The van der Waals surface area contributed by atoms with Crippen molar-refractivity contribution in [2.45, 2.75) is 19.4 Å². The van der Waals surface area contributed by atoms with Crippen molar-refractivity contribution < 1.29 is 43.2 Å². The molecule has 0 aliphatic heterocycles. The third kappa shape index (κ3) is 26.6. The molecule has 114 valence electrons. The van der Waals surface area contributed by atoms with Crippen LogP contribution < -0.4 is 5.11 Å². The molecule has 0 radical (unpaired) electrons. The quantitative estimate of drug-likeness (QED) is 0.296. The van der Waals surface area contributed by atoms with Crippen LogP contribution >= 0.6 is 7.82 Å². The first-order valence-corrected chi connectivity index (χ1v) is 6.73. The first-order chi connectivity index (χ1) is 8.20. The summed E-state index contributed by atoms with van der Waals surface area (Å²) in [4.78, 5) is 42.6. The van der Waals surface area contributed by atoms with Gasteiger partial charge in [0.15, 0.2) is 6.10 Å². The first kappa shape index (κ1) is 20.3. The topological polar surface area (TPSA) is 144 Å². The number of esters is 1. The molecular formula is C9H20NO8P. The Morgan fingerprint density at radius 3 is 1.84 bits per heavy atom. The number of likely N-dealkylation sites (N-methyl/N-ethyl adjacent to an activating group) is 1. The summed E-state index contributed by atoms with van der Waals surface area (Å²) in [7, 11) is 1.04. The highest BCUT2D eigenvalue weighted by Gasteiger charge is 2.20. The van der Waals surface area contributed by atoms with Gasteiger partial charge in [-0.1, -0.05) is 0 Å². The monoisotopic (exact) mass is 301 g/mol. The molecule has 0 aromatic heterocycles. The number of nitrogens with zero attached hydrogens (tertiary/aromatic N) is 1. The SMILES string of the molecule is CC(=O)O[C@H](CC(=O)[O-])C[N+](C)(C)C.O=P(O)(O)O. The second kappa shape index (κ2) is 8.23. The van der Waals surface area contributed by atoms with Crippen LogP contribution in [0.3, 0.4) is 0 Å². The van der Waals surface area contributed by atoms with Crippen molar-refractivity contribution in [1.82, 2.24) is 0 Å². The summed E-state index contributed by atoms with van der Waals surface area (Å²) >= 11 is 0. The molecule has 0 rings (SSSR count). The number of aliphatic carboxylic acids is 1. The summed E-state index contributed by atoms with van der Waals surface area (Å²) in [6.45, 7) is 1.71. The standard InChI is InChI=1S/C9H17NO4.H3O4P/c1-7(11)14-8(5-9(12)13)6-10(2,3)4;1-5(2,3)4/h8H,5-6H2,1-4H3;(H3,1,2,3,4)/t8-;/m1./s1. The van der Waals surface area contributed by atoms with Crippen LogP contribution in [-0.2, 0) is 18.9 Å². The molecular weight excluding hydrogens is 281 g/mol. The zero-order valence-corrected chi connectivity index (χ0v) is 12.2. The Kier molecular flexibility index (Phi) is 8.81. The van der Waals surface area contributed by atoms with Gasteiger partial charge in [0.1, 0.15) is 6.54 Å². The molecule has 0 saturated heterocycles. The molecule has 1 atom stereocenters. The van der Waals surface area contributed by atoms with E-state index in [0.29, 0.717) is 11.0 Å². The third-order valence-electron chi connectivity index (χ3n) is 1.48. The summed E-state index contributed by atoms with van der Waals surface area (Å²) in [5.74, 6) is -1.67. The fraction of sp³-hybridized carbons (Fsp3) is 0.778. The van der Waals surface area contributed by atoms with E-state index in [4.69, 9.17) is 24.0 Å². The highest BCUT2D eigenvalue weighted by Crippen LogP contribution is 2.25. The summed E-state index contributed by atoms with van der Waals surface area (Å²) in [6, 6.07) is 0. The van der Waals surface area contributed by atoms with Crippen molar-refractivity contribution in [2.24, 2.45) is 0 Å². The van der Waals surface area contributed by atoms with Crippen molar-refractivity contribution in [3.8, 4) is 0 Å². The largest absolute Gasteiger partial charge is 0.550 e. The van der Waals surface area contributed by atoms with Crippen LogP contribution in [-0.4, -0.2) is 64.9 Å². The van der Waals surface area contributed by atoms with Crippen LogP contribution in [0.1, 0.15) is 13.3 Å². The number of phosphoric acid groups is 1. The minimum Gasteiger partial charge on any atom is -0.550 e. The van der Waals surface area contributed by atoms with Gasteiger partial charge in [-0.25, -0.2) is 4.57 Å². The van der Waals surface area contributed by atoms with Gasteiger partial charge in [-0.3, -0.25) is 4.79 Å². The Bertz CT molecular complexity index is 320. The lowest BCUT2D eigenvalue weighted by Gasteiger charge is -2.28. The average molecular weight is 301 g/mol. The van der Waals surface area contributed by atoms with E-state index in [2.05, 4.69) is 0 Å². The maximum absolute atomic E-state index is 10.7. The van der Waals surface area contributed by atoms with Gasteiger partial charge in [0.25, 0.3) is 0 Å². The third-order valence-corrected chi connectivity index (χ3v) is 1.48. The molecule has 0 amide bonds. The molecule has 0 aliphatic carbocycles. The summed E-state index contributed by atoms with van der Waals surface area (Å²) in [5.41, 5.74) is 0. The van der Waals surface area contributed by atoms with E-state index < -0.39 is 25.9 Å². The molecule has 0 aliphatic rings. The van der Waals surface area contributed by atoms with Gasteiger partial charge in [-0.05, 0) is 0 Å². The Labute approximate surface area is 111 Å². The molecule has 0 aromatic carbocycles. The van der Waals surface area contributed by atoms with Crippen LogP contribution in [0.15, 0.2) is 0 Å². The number of rotatable bonds is 5. The van der Waals surface area contributed by atoms with Crippen LogP contribution in [0.4, 0.5) is 0 Å². The predicted octanol–water partition coefficient (Wildman–Crippen LogP) is -2.16. The Hall–Kier alpha value is -0.990. The normalized spacial score (nSPS) is 13.0. The van der Waals surface area contributed by atoms with Crippen LogP contribution in [0.2, 0.25) is 0 Å². The number of carboxylic acid groups (broad SMARTS) is 1. The van der Waals surface area contributed by atoms with Crippen LogP contribution in [0, 0.1) is 0 Å². The van der Waals surface area contributed by atoms with Crippen molar-refractivity contribution in [3.63, 3.8) is 0 Å². The number of hydrogen-bond donors (Lipinski definition) is 3. The Morgan fingerprint density at radius 2 is 1.63 bits per heavy atom. The summed E-state index contributed by atoms with van der Waals surface area (Å²) in [6.07, 6.45) is -0.868. The molecule has 0 heterocycles. The fourth-order valence-electron chi connectivity index (χ4n) is 1.17. The zero-order chi connectivity index (χ0) is 15.9. The highest BCUT2D eigenvalue weighted by atomic mass is 31.2. The molecule has 0 saturated carbocycles. The lowest BCUT2D eigenvalue weighted by atomic mass is 10.2. The average Bonchev–Trinajstić information content (AvgIpc) is 1.91. The molecule has 0 fully saturated rings. The number of hydrogen-bond acceptors (Lipinski definition) is 5. The number of carboxylic acids is 1. The highest BCUT2D eigenvalue weighted by molar-refractivity contribution is 7.45. The second-order valence-corrected chi connectivity index (χ2v) is 5.82. The zero-order valence-electron chi connectivity index (χ0n) is 11.3. The lowest BCUT2D eigenvalue weighted by molar-refractivity contribution is -0.873. The van der Waals surface area contributed by atoms with E-state index >= 15 is 0 Å². The Balaban J connectivity index is 0. The van der Waals surface area contributed by atoms with Gasteiger partial charge in [0.2, 0.25) is 0 Å². The minimum atomic E-state index is -4.64. The number of ether oxygens (including phenoxy) is 1. The minimum absolute atomic E-state index is 0.255. The molecule has 0 bridgehead atoms.